The molecule has 1 N–H and O–H groups in total. The number of alkyl halides is 2. The summed E-state index contributed by atoms with van der Waals surface area (Å²) in [5, 5.41) is 2.79. The van der Waals surface area contributed by atoms with Crippen molar-refractivity contribution in [2.24, 2.45) is 5.92 Å². The molecule has 4 heterocycles. The molecule has 1 saturated carbocycles. The topological polar surface area (TPSA) is 124 Å². The third-order valence-electron chi connectivity index (χ3n) is 8.09. The molecule has 0 unspecified atom stereocenters. The van der Waals surface area contributed by atoms with E-state index in [1.54, 1.807) is 35.2 Å². The average molecular weight is 600 g/mol. The molecule has 230 valence electrons. The fourth-order valence-corrected chi connectivity index (χ4v) is 5.76. The van der Waals surface area contributed by atoms with Crippen molar-refractivity contribution in [3.8, 4) is 11.7 Å². The van der Waals surface area contributed by atoms with Crippen molar-refractivity contribution in [1.29, 1.82) is 0 Å². The maximum absolute atomic E-state index is 14.1. The van der Waals surface area contributed by atoms with E-state index < -0.39 is 12.2 Å². The first-order chi connectivity index (χ1) is 21.0. The molecule has 12 nitrogen and oxygen atoms in total. The van der Waals surface area contributed by atoms with E-state index >= 15 is 0 Å². The molecule has 0 bridgehead atoms. The number of hydrogen-bond donors (Lipinski definition) is 1. The summed E-state index contributed by atoms with van der Waals surface area (Å²) in [6, 6.07) is 8.50. The Hall–Kier alpha value is -3.91. The van der Waals surface area contributed by atoms with Gasteiger partial charge in [-0.25, -0.2) is 13.8 Å². The SMILES string of the molecule is O=C(NCC(=O)N1CCOCC1)C1CCC(Oc2cc(-n3c(C(F)F)nc4ccccc43)nc(N3CCOCC3)n2)CC1. The first-order valence-corrected chi connectivity index (χ1v) is 14.7. The number of anilines is 1. The van der Waals surface area contributed by atoms with Gasteiger partial charge in [-0.2, -0.15) is 9.97 Å². The minimum Gasteiger partial charge on any atom is -0.474 e. The Kier molecular flexibility index (Phi) is 8.93. The number of amides is 2. The molecule has 2 saturated heterocycles. The molecule has 0 spiro atoms. The van der Waals surface area contributed by atoms with E-state index in [2.05, 4.69) is 20.3 Å². The van der Waals surface area contributed by atoms with Crippen LogP contribution < -0.4 is 15.0 Å². The van der Waals surface area contributed by atoms with E-state index in [0.29, 0.717) is 95.3 Å². The van der Waals surface area contributed by atoms with Crippen molar-refractivity contribution in [3.63, 3.8) is 0 Å². The molecule has 2 aliphatic heterocycles. The van der Waals surface area contributed by atoms with Crippen LogP contribution in [0.4, 0.5) is 14.7 Å². The zero-order chi connectivity index (χ0) is 29.8. The minimum atomic E-state index is -2.82. The normalized spacial score (nSPS) is 21.3. The third kappa shape index (κ3) is 6.69. The van der Waals surface area contributed by atoms with Crippen molar-refractivity contribution in [2.75, 3.05) is 64.1 Å². The van der Waals surface area contributed by atoms with Crippen molar-refractivity contribution in [1.82, 2.24) is 29.7 Å². The van der Waals surface area contributed by atoms with Crippen LogP contribution in [0.5, 0.6) is 5.88 Å². The second-order valence-corrected chi connectivity index (χ2v) is 10.9. The Morgan fingerprint density at radius 1 is 0.953 bits per heavy atom. The lowest BCUT2D eigenvalue weighted by Gasteiger charge is -2.30. The molecule has 0 atom stereocenters. The van der Waals surface area contributed by atoms with Gasteiger partial charge in [-0.15, -0.1) is 0 Å². The number of benzene rings is 1. The lowest BCUT2D eigenvalue weighted by atomic mass is 9.87. The highest BCUT2D eigenvalue weighted by Crippen LogP contribution is 2.32. The number of carbonyl (C=O) groups excluding carboxylic acids is 2. The molecular weight excluding hydrogens is 564 g/mol. The Labute approximate surface area is 247 Å². The predicted molar refractivity (Wildman–Crippen MR) is 151 cm³/mol. The number of fused-ring (bicyclic) bond motifs is 1. The van der Waals surface area contributed by atoms with Gasteiger partial charge in [0.05, 0.1) is 44.0 Å². The predicted octanol–water partition coefficient (Wildman–Crippen LogP) is 2.50. The van der Waals surface area contributed by atoms with Crippen LogP contribution in [-0.4, -0.2) is 101 Å². The Morgan fingerprint density at radius 3 is 2.37 bits per heavy atom. The number of aromatic nitrogens is 4. The molecule has 3 aliphatic rings. The molecule has 6 rings (SSSR count). The summed E-state index contributed by atoms with van der Waals surface area (Å²) in [4.78, 5) is 42.3. The first kappa shape index (κ1) is 29.2. The van der Waals surface area contributed by atoms with E-state index in [1.807, 2.05) is 4.90 Å². The van der Waals surface area contributed by atoms with E-state index in [9.17, 15) is 18.4 Å². The fourth-order valence-electron chi connectivity index (χ4n) is 5.76. The van der Waals surface area contributed by atoms with Crippen molar-refractivity contribution >= 4 is 28.8 Å². The number of nitrogens with one attached hydrogen (secondary N) is 1. The number of morpholine rings is 2. The quantitative estimate of drug-likeness (QED) is 0.416. The highest BCUT2D eigenvalue weighted by molar-refractivity contribution is 5.86. The van der Waals surface area contributed by atoms with Gasteiger partial charge in [-0.3, -0.25) is 14.2 Å². The summed E-state index contributed by atoms with van der Waals surface area (Å²) in [5.74, 6) is 0.0229. The molecule has 3 fully saturated rings. The molecule has 1 aromatic carbocycles. The van der Waals surface area contributed by atoms with Crippen LogP contribution in [0.2, 0.25) is 0 Å². The lowest BCUT2D eigenvalue weighted by Crippen LogP contribution is -2.46. The van der Waals surface area contributed by atoms with Crippen LogP contribution in [0.25, 0.3) is 16.9 Å². The zero-order valence-corrected chi connectivity index (χ0v) is 23.8. The Bertz CT molecular complexity index is 1430. The maximum atomic E-state index is 14.1. The molecule has 2 amide bonds. The van der Waals surface area contributed by atoms with Crippen LogP contribution in [0, 0.1) is 5.92 Å². The average Bonchev–Trinajstić information content (AvgIpc) is 3.45. The summed E-state index contributed by atoms with van der Waals surface area (Å²) >= 11 is 0. The summed E-state index contributed by atoms with van der Waals surface area (Å²) in [5.41, 5.74) is 0.948. The standard InChI is InChI=1S/C29H35F2N7O5/c30-26(31)27-33-21-3-1-2-4-22(21)38(27)23-17-24(35-29(34-23)37-11-15-42-16-12-37)43-20-7-5-19(6-8-20)28(40)32-18-25(39)36-9-13-41-14-10-36/h1-4,17,19-20,26H,5-16,18H2,(H,32,40). The van der Waals surface area contributed by atoms with Gasteiger partial charge in [0, 0.05) is 38.2 Å². The van der Waals surface area contributed by atoms with Gasteiger partial charge in [-0.1, -0.05) is 12.1 Å². The number of rotatable bonds is 8. The molecule has 0 radical (unpaired) electrons. The van der Waals surface area contributed by atoms with Gasteiger partial charge in [0.25, 0.3) is 6.43 Å². The van der Waals surface area contributed by atoms with Gasteiger partial charge in [0.1, 0.15) is 11.9 Å². The number of imidazole rings is 1. The van der Waals surface area contributed by atoms with Gasteiger partial charge in [0.2, 0.25) is 23.6 Å². The molecule has 2 aromatic heterocycles. The van der Waals surface area contributed by atoms with Crippen LogP contribution in [0.1, 0.15) is 37.9 Å². The summed E-state index contributed by atoms with van der Waals surface area (Å²) < 4.78 is 46.7. The fraction of sp³-hybridized carbons (Fsp3) is 0.552. The number of para-hydroxylation sites is 2. The van der Waals surface area contributed by atoms with E-state index in [1.165, 1.54) is 4.57 Å². The van der Waals surface area contributed by atoms with E-state index in [-0.39, 0.29) is 42.1 Å². The zero-order valence-electron chi connectivity index (χ0n) is 23.8. The molecule has 3 aromatic rings. The summed E-state index contributed by atoms with van der Waals surface area (Å²) in [6.07, 6.45) is -0.621. The number of ether oxygens (including phenoxy) is 3. The lowest BCUT2D eigenvalue weighted by molar-refractivity contribution is -0.137. The van der Waals surface area contributed by atoms with Gasteiger partial charge >= 0.3 is 0 Å². The highest BCUT2D eigenvalue weighted by Gasteiger charge is 2.30. The van der Waals surface area contributed by atoms with Crippen molar-refractivity contribution in [2.45, 2.75) is 38.2 Å². The Morgan fingerprint density at radius 2 is 1.65 bits per heavy atom. The number of nitrogens with zero attached hydrogens (tertiary/aromatic N) is 6. The molecular formula is C29H35F2N7O5. The first-order valence-electron chi connectivity index (χ1n) is 14.7. The van der Waals surface area contributed by atoms with Gasteiger partial charge in [0.15, 0.2) is 5.82 Å². The molecule has 1 aliphatic carbocycles. The van der Waals surface area contributed by atoms with Gasteiger partial charge in [-0.05, 0) is 37.8 Å². The highest BCUT2D eigenvalue weighted by atomic mass is 19.3. The maximum Gasteiger partial charge on any atom is 0.296 e. The molecule has 43 heavy (non-hydrogen) atoms. The van der Waals surface area contributed by atoms with Crippen LogP contribution in [-0.2, 0) is 19.1 Å². The van der Waals surface area contributed by atoms with Crippen LogP contribution >= 0.6 is 0 Å². The van der Waals surface area contributed by atoms with Crippen LogP contribution in [0.3, 0.4) is 0 Å². The minimum absolute atomic E-state index is 0.0210. The van der Waals surface area contributed by atoms with E-state index in [0.717, 1.165) is 0 Å². The monoisotopic (exact) mass is 599 g/mol. The van der Waals surface area contributed by atoms with Crippen LogP contribution in [0.15, 0.2) is 30.3 Å². The van der Waals surface area contributed by atoms with Gasteiger partial charge < -0.3 is 29.3 Å². The summed E-state index contributed by atoms with van der Waals surface area (Å²) in [7, 11) is 0. The number of halogens is 2. The smallest absolute Gasteiger partial charge is 0.296 e. The van der Waals surface area contributed by atoms with E-state index in [4.69, 9.17) is 14.2 Å². The van der Waals surface area contributed by atoms with Crippen molar-refractivity contribution < 1.29 is 32.6 Å². The number of hydrogen-bond acceptors (Lipinski definition) is 9. The number of carbonyl (C=O) groups is 2. The Balaban J connectivity index is 1.16. The largest absolute Gasteiger partial charge is 0.474 e. The molecule has 14 heteroatoms. The van der Waals surface area contributed by atoms with Crippen molar-refractivity contribution in [3.05, 3.63) is 36.2 Å². The third-order valence-corrected chi connectivity index (χ3v) is 8.09. The second-order valence-electron chi connectivity index (χ2n) is 10.9. The summed E-state index contributed by atoms with van der Waals surface area (Å²) in [6.45, 7) is 4.20. The second kappa shape index (κ2) is 13.2.